The van der Waals surface area contributed by atoms with Crippen LogP contribution in [0.15, 0.2) is 0 Å². The minimum absolute atomic E-state index is 0.518. The Morgan fingerprint density at radius 2 is 1.12 bits per heavy atom. The monoisotopic (exact) mass is 463 g/mol. The van der Waals surface area contributed by atoms with E-state index in [9.17, 15) is 0 Å². The van der Waals surface area contributed by atoms with Gasteiger partial charge in [0.05, 0.1) is 0 Å². The van der Waals surface area contributed by atoms with Crippen LogP contribution >= 0.6 is 0 Å². The molecular weight excluding hydrogens is 396 g/mol. The van der Waals surface area contributed by atoms with Crippen LogP contribution in [0.25, 0.3) is 0 Å². The maximum absolute atomic E-state index is 2.61. The van der Waals surface area contributed by atoms with Gasteiger partial charge in [0.15, 0.2) is 0 Å². The number of hydrogen-bond acceptors (Lipinski definition) is 0. The summed E-state index contributed by atoms with van der Waals surface area (Å²) in [6.45, 7) is 32.7. The molecule has 198 valence electrons. The molecule has 0 heteroatoms. The van der Waals surface area contributed by atoms with Crippen LogP contribution in [0, 0.1) is 70.5 Å². The fourth-order valence-corrected chi connectivity index (χ4v) is 7.23. The molecule has 0 N–H and O–H groups in total. The fourth-order valence-electron chi connectivity index (χ4n) is 7.23. The van der Waals surface area contributed by atoms with Crippen LogP contribution in [0.3, 0.4) is 0 Å². The number of rotatable bonds is 17. The summed E-state index contributed by atoms with van der Waals surface area (Å²) in [4.78, 5) is 0. The van der Waals surface area contributed by atoms with Crippen molar-refractivity contribution >= 4 is 0 Å². The van der Waals surface area contributed by atoms with E-state index in [1.807, 2.05) is 0 Å². The molecule has 0 spiro atoms. The Hall–Kier alpha value is 0. The van der Waals surface area contributed by atoms with Gasteiger partial charge in [0.1, 0.15) is 0 Å². The van der Waals surface area contributed by atoms with Crippen LogP contribution in [0.1, 0.15) is 141 Å². The van der Waals surface area contributed by atoms with Crippen molar-refractivity contribution in [3.8, 4) is 0 Å². The van der Waals surface area contributed by atoms with Crippen LogP contribution in [0.5, 0.6) is 0 Å². The summed E-state index contributed by atoms with van der Waals surface area (Å²) in [7, 11) is 0. The Morgan fingerprint density at radius 1 is 0.606 bits per heavy atom. The maximum Gasteiger partial charge on any atom is -0.0274 e. The lowest BCUT2D eigenvalue weighted by molar-refractivity contribution is 0.0664. The molecule has 0 bridgehead atoms. The summed E-state index contributed by atoms with van der Waals surface area (Å²) in [5.41, 5.74) is 0.518. The molecule has 1 saturated carbocycles. The molecule has 1 aliphatic carbocycles. The van der Waals surface area contributed by atoms with Gasteiger partial charge in [-0.2, -0.15) is 0 Å². The lowest BCUT2D eigenvalue weighted by Crippen LogP contribution is -2.35. The van der Waals surface area contributed by atoms with Crippen LogP contribution in [0.4, 0.5) is 0 Å². The predicted octanol–water partition coefficient (Wildman–Crippen LogP) is 11.1. The molecule has 0 aromatic heterocycles. The average molecular weight is 463 g/mol. The average Bonchev–Trinajstić information content (AvgIpc) is 3.64. The van der Waals surface area contributed by atoms with E-state index in [0.717, 1.165) is 65.1 Å². The van der Waals surface area contributed by atoms with Crippen LogP contribution in [0.2, 0.25) is 0 Å². The molecule has 33 heavy (non-hydrogen) atoms. The quantitative estimate of drug-likeness (QED) is 0.201. The molecule has 1 aliphatic rings. The standard InChI is InChI=1S/C33H66/c1-14-22(4)28(10)29(11)25(7)21-31(15-2)26(8)19-23(5)24(6)20-27(9)33(13,16-3)30(12)32-17-18-32/h22-32H,14-21H2,1-13H3. The van der Waals surface area contributed by atoms with E-state index < -0.39 is 0 Å². The highest BCUT2D eigenvalue weighted by Crippen LogP contribution is 2.52. The molecule has 0 aliphatic heterocycles. The van der Waals surface area contributed by atoms with Gasteiger partial charge in [0.2, 0.25) is 0 Å². The minimum atomic E-state index is 0.518. The largest absolute Gasteiger partial charge is 0.0651 e. The van der Waals surface area contributed by atoms with E-state index in [2.05, 4.69) is 90.0 Å². The number of hydrogen-bond donors (Lipinski definition) is 0. The van der Waals surface area contributed by atoms with Crippen molar-refractivity contribution in [1.82, 2.24) is 0 Å². The summed E-state index contributed by atoms with van der Waals surface area (Å²) in [5.74, 6) is 9.49. The van der Waals surface area contributed by atoms with Crippen molar-refractivity contribution in [2.45, 2.75) is 141 Å². The molecular formula is C33H66. The summed E-state index contributed by atoms with van der Waals surface area (Å²) in [6, 6.07) is 0. The molecule has 0 nitrogen and oxygen atoms in total. The van der Waals surface area contributed by atoms with E-state index >= 15 is 0 Å². The van der Waals surface area contributed by atoms with E-state index in [1.54, 1.807) is 0 Å². The van der Waals surface area contributed by atoms with Gasteiger partial charge >= 0.3 is 0 Å². The lowest BCUT2D eigenvalue weighted by atomic mass is 9.62. The molecule has 0 aromatic rings. The molecule has 0 amide bonds. The van der Waals surface area contributed by atoms with Gasteiger partial charge in [0.25, 0.3) is 0 Å². The van der Waals surface area contributed by atoms with Crippen LogP contribution < -0.4 is 0 Å². The van der Waals surface area contributed by atoms with Gasteiger partial charge in [-0.1, -0.05) is 109 Å². The first-order valence-electron chi connectivity index (χ1n) is 15.3. The van der Waals surface area contributed by atoms with E-state index in [0.29, 0.717) is 5.41 Å². The van der Waals surface area contributed by atoms with Gasteiger partial charge in [-0.25, -0.2) is 0 Å². The first kappa shape index (κ1) is 31.0. The highest BCUT2D eigenvalue weighted by atomic mass is 14.5. The zero-order valence-electron chi connectivity index (χ0n) is 25.5. The molecule has 1 fully saturated rings. The summed E-state index contributed by atoms with van der Waals surface area (Å²) in [6.07, 6.45) is 11.2. The maximum atomic E-state index is 2.61. The van der Waals surface area contributed by atoms with E-state index in [4.69, 9.17) is 0 Å². The highest BCUT2D eigenvalue weighted by Gasteiger charge is 2.43. The summed E-state index contributed by atoms with van der Waals surface area (Å²) in [5, 5.41) is 0. The van der Waals surface area contributed by atoms with Crippen LogP contribution in [-0.2, 0) is 0 Å². The van der Waals surface area contributed by atoms with Gasteiger partial charge < -0.3 is 0 Å². The Bertz CT molecular complexity index is 518. The second kappa shape index (κ2) is 13.9. The third-order valence-corrected chi connectivity index (χ3v) is 12.0. The molecule has 0 aromatic carbocycles. The van der Waals surface area contributed by atoms with Crippen molar-refractivity contribution in [1.29, 1.82) is 0 Å². The van der Waals surface area contributed by atoms with Crippen molar-refractivity contribution in [3.05, 3.63) is 0 Å². The first-order valence-corrected chi connectivity index (χ1v) is 15.3. The van der Waals surface area contributed by atoms with E-state index in [1.165, 1.54) is 51.4 Å². The first-order chi connectivity index (χ1) is 15.3. The van der Waals surface area contributed by atoms with Gasteiger partial charge in [-0.3, -0.25) is 0 Å². The molecule has 11 atom stereocenters. The Morgan fingerprint density at radius 3 is 1.58 bits per heavy atom. The van der Waals surface area contributed by atoms with Crippen molar-refractivity contribution in [2.75, 3.05) is 0 Å². The van der Waals surface area contributed by atoms with Gasteiger partial charge in [-0.15, -0.1) is 0 Å². The van der Waals surface area contributed by atoms with Crippen LogP contribution in [-0.4, -0.2) is 0 Å². The second-order valence-electron chi connectivity index (χ2n) is 13.8. The molecule has 1 rings (SSSR count). The molecule has 0 saturated heterocycles. The predicted molar refractivity (Wildman–Crippen MR) is 152 cm³/mol. The second-order valence-corrected chi connectivity index (χ2v) is 13.8. The summed E-state index contributed by atoms with van der Waals surface area (Å²) >= 11 is 0. The zero-order valence-corrected chi connectivity index (χ0v) is 25.5. The van der Waals surface area contributed by atoms with E-state index in [-0.39, 0.29) is 0 Å². The Balaban J connectivity index is 2.65. The minimum Gasteiger partial charge on any atom is -0.0651 e. The van der Waals surface area contributed by atoms with Crippen molar-refractivity contribution < 1.29 is 0 Å². The van der Waals surface area contributed by atoms with Gasteiger partial charge in [0, 0.05) is 0 Å². The van der Waals surface area contributed by atoms with Crippen molar-refractivity contribution in [3.63, 3.8) is 0 Å². The molecule has 11 unspecified atom stereocenters. The SMILES string of the molecule is CCC(C)C(C)C(C)C(C)CC(CC)C(C)CC(C)C(C)CC(C)C(C)(CC)C(C)C1CC1. The van der Waals surface area contributed by atoms with Gasteiger partial charge in [-0.05, 0) is 103 Å². The lowest BCUT2D eigenvalue weighted by Gasteiger charge is -2.43. The third kappa shape index (κ3) is 8.56. The zero-order chi connectivity index (χ0) is 25.5. The normalized spacial score (nSPS) is 25.7. The Kier molecular flexibility index (Phi) is 13.1. The molecule has 0 radical (unpaired) electrons. The third-order valence-electron chi connectivity index (χ3n) is 12.0. The smallest absolute Gasteiger partial charge is 0.0274 e. The fraction of sp³-hybridized carbons (Fsp3) is 1.00. The molecule has 0 heterocycles. The highest BCUT2D eigenvalue weighted by molar-refractivity contribution is 4.93. The van der Waals surface area contributed by atoms with Crippen molar-refractivity contribution in [2.24, 2.45) is 70.5 Å². The summed E-state index contributed by atoms with van der Waals surface area (Å²) < 4.78 is 0. The Labute approximate surface area is 211 Å². The topological polar surface area (TPSA) is 0 Å².